The number of nitrogens with zero attached hydrogens (tertiary/aromatic N) is 6. The number of hydrogen-bond acceptors (Lipinski definition) is 6. The lowest BCUT2D eigenvalue weighted by Gasteiger charge is -2.32. The number of fused-ring (bicyclic) bond motifs is 1. The second kappa shape index (κ2) is 10.2. The highest BCUT2D eigenvalue weighted by molar-refractivity contribution is 6.01. The van der Waals surface area contributed by atoms with Gasteiger partial charge in [-0.25, -0.2) is 19.7 Å². The van der Waals surface area contributed by atoms with Crippen molar-refractivity contribution in [3.05, 3.63) is 41.7 Å². The molecule has 6 rings (SSSR count). The number of pyridine rings is 1. The van der Waals surface area contributed by atoms with E-state index in [1.807, 2.05) is 18.3 Å². The number of rotatable bonds is 8. The molecule has 0 saturated heterocycles. The second-order valence-corrected chi connectivity index (χ2v) is 11.9. The van der Waals surface area contributed by atoms with Gasteiger partial charge in [-0.3, -0.25) is 4.98 Å². The molecule has 3 saturated carbocycles. The zero-order valence-corrected chi connectivity index (χ0v) is 22.8. The lowest BCUT2D eigenvalue weighted by atomic mass is 9.80. The fraction of sp³-hybridized carbons (Fsp3) is 0.586. The first-order chi connectivity index (χ1) is 18.8. The standard InChI is InChI=1S/C29H38N8O2/c1-17-9-11-19(12-10-17)16-37-22-24(32-18(2)20-6-5-7-20)34-26(23(30)33-28(38)39)35-25(22)36-27(37)29(13-14-29)21-8-3-4-15-31-21/h3-4,8,15,17-20H,5-7,9-14,16H2,1-2H3,(H2,30,33)(H,38,39)(H,32,34,35)/t17?,18-,19?/m1/s1. The number of nitrogens with one attached hydrogen (secondary N) is 1. The average Bonchev–Trinajstić information content (AvgIpc) is 3.60. The summed E-state index contributed by atoms with van der Waals surface area (Å²) in [6, 6.07) is 6.27. The quantitative estimate of drug-likeness (QED) is 0.269. The van der Waals surface area contributed by atoms with E-state index < -0.39 is 6.09 Å². The number of nitrogens with two attached hydrogens (primary N) is 1. The summed E-state index contributed by atoms with van der Waals surface area (Å²) in [6.07, 6.45) is 10.9. The van der Waals surface area contributed by atoms with Gasteiger partial charge in [-0.2, -0.15) is 4.99 Å². The van der Waals surface area contributed by atoms with Crippen LogP contribution < -0.4 is 11.1 Å². The van der Waals surface area contributed by atoms with Gasteiger partial charge in [-0.1, -0.05) is 32.3 Å². The van der Waals surface area contributed by atoms with E-state index in [1.54, 1.807) is 0 Å². The summed E-state index contributed by atoms with van der Waals surface area (Å²) in [7, 11) is 0. The molecule has 4 N–H and O–H groups in total. The van der Waals surface area contributed by atoms with Gasteiger partial charge in [0.1, 0.15) is 11.3 Å². The van der Waals surface area contributed by atoms with Gasteiger partial charge in [0.15, 0.2) is 23.1 Å². The minimum Gasteiger partial charge on any atom is -0.463 e. The second-order valence-electron chi connectivity index (χ2n) is 11.9. The summed E-state index contributed by atoms with van der Waals surface area (Å²) in [5.41, 5.74) is 8.20. The first-order valence-corrected chi connectivity index (χ1v) is 14.4. The Balaban J connectivity index is 1.52. The SMILES string of the molecule is CC1CCC(Cn2c(C3(c4ccccn4)CC3)nc3nc(/C(N)=N/C(=O)O)nc(N[C@H](C)C4CCC4)c32)CC1. The van der Waals surface area contributed by atoms with Crippen molar-refractivity contribution in [3.63, 3.8) is 0 Å². The molecule has 10 heteroatoms. The summed E-state index contributed by atoms with van der Waals surface area (Å²) in [6.45, 7) is 5.38. The molecular weight excluding hydrogens is 492 g/mol. The van der Waals surface area contributed by atoms with Crippen LogP contribution in [0.25, 0.3) is 11.2 Å². The summed E-state index contributed by atoms with van der Waals surface area (Å²) >= 11 is 0. The van der Waals surface area contributed by atoms with Gasteiger partial charge in [-0.05, 0) is 75.3 Å². The molecule has 1 atom stereocenters. The van der Waals surface area contributed by atoms with E-state index >= 15 is 0 Å². The van der Waals surface area contributed by atoms with Gasteiger partial charge in [0.05, 0.1) is 11.1 Å². The molecule has 0 radical (unpaired) electrons. The van der Waals surface area contributed by atoms with Gasteiger partial charge < -0.3 is 20.7 Å². The van der Waals surface area contributed by atoms with E-state index in [-0.39, 0.29) is 23.1 Å². The van der Waals surface area contributed by atoms with E-state index in [4.69, 9.17) is 20.7 Å². The van der Waals surface area contributed by atoms with Crippen molar-refractivity contribution in [3.8, 4) is 0 Å². The number of amides is 1. The number of carbonyl (C=O) groups is 1. The van der Waals surface area contributed by atoms with Crippen LogP contribution in [-0.4, -0.2) is 47.6 Å². The van der Waals surface area contributed by atoms with Crippen LogP contribution in [0.3, 0.4) is 0 Å². The lowest BCUT2D eigenvalue weighted by molar-refractivity contribution is 0.205. The summed E-state index contributed by atoms with van der Waals surface area (Å²) < 4.78 is 2.35. The molecule has 0 spiro atoms. The van der Waals surface area contributed by atoms with Crippen LogP contribution >= 0.6 is 0 Å². The molecule has 1 amide bonds. The maximum absolute atomic E-state index is 11.3. The molecule has 3 heterocycles. The average molecular weight is 531 g/mol. The molecule has 0 unspecified atom stereocenters. The predicted octanol–water partition coefficient (Wildman–Crippen LogP) is 5.11. The zero-order valence-electron chi connectivity index (χ0n) is 22.8. The summed E-state index contributed by atoms with van der Waals surface area (Å²) in [5, 5.41) is 12.9. The molecule has 0 bridgehead atoms. The van der Waals surface area contributed by atoms with E-state index in [0.29, 0.717) is 23.3 Å². The highest BCUT2D eigenvalue weighted by Gasteiger charge is 2.51. The summed E-state index contributed by atoms with van der Waals surface area (Å²) in [5.74, 6) is 3.36. The lowest BCUT2D eigenvalue weighted by Crippen LogP contribution is -2.32. The largest absolute Gasteiger partial charge is 0.463 e. The Bertz CT molecular complexity index is 1390. The predicted molar refractivity (Wildman–Crippen MR) is 150 cm³/mol. The van der Waals surface area contributed by atoms with Crippen LogP contribution in [0, 0.1) is 17.8 Å². The Morgan fingerprint density at radius 1 is 1.18 bits per heavy atom. The van der Waals surface area contributed by atoms with Gasteiger partial charge in [0, 0.05) is 18.8 Å². The van der Waals surface area contributed by atoms with Crippen LogP contribution in [0.15, 0.2) is 29.4 Å². The third-order valence-electron chi connectivity index (χ3n) is 9.18. The third-order valence-corrected chi connectivity index (χ3v) is 9.18. The van der Waals surface area contributed by atoms with E-state index in [9.17, 15) is 9.90 Å². The Morgan fingerprint density at radius 3 is 2.56 bits per heavy atom. The maximum Gasteiger partial charge on any atom is 0.433 e. The normalized spacial score (nSPS) is 23.8. The van der Waals surface area contributed by atoms with E-state index in [0.717, 1.165) is 42.3 Å². The van der Waals surface area contributed by atoms with Crippen LogP contribution in [0.1, 0.15) is 89.0 Å². The number of aromatic nitrogens is 5. The van der Waals surface area contributed by atoms with Gasteiger partial charge in [-0.15, -0.1) is 0 Å². The van der Waals surface area contributed by atoms with Crippen molar-refractivity contribution >= 4 is 28.9 Å². The van der Waals surface area contributed by atoms with Gasteiger partial charge >= 0.3 is 6.09 Å². The molecule has 39 heavy (non-hydrogen) atoms. The van der Waals surface area contributed by atoms with Crippen molar-refractivity contribution in [2.75, 3.05) is 5.32 Å². The highest BCUT2D eigenvalue weighted by Crippen LogP contribution is 2.53. The number of amidine groups is 1. The molecule has 206 valence electrons. The number of carboxylic acid groups (broad SMARTS) is 1. The minimum absolute atomic E-state index is 0.0820. The first-order valence-electron chi connectivity index (χ1n) is 14.4. The summed E-state index contributed by atoms with van der Waals surface area (Å²) in [4.78, 5) is 34.1. The Labute approximate surface area is 228 Å². The Morgan fingerprint density at radius 2 is 1.95 bits per heavy atom. The molecule has 0 aromatic carbocycles. The molecule has 3 aromatic rings. The molecule has 3 aromatic heterocycles. The van der Waals surface area contributed by atoms with Crippen LogP contribution in [-0.2, 0) is 12.0 Å². The van der Waals surface area contributed by atoms with Crippen LogP contribution in [0.5, 0.6) is 0 Å². The smallest absolute Gasteiger partial charge is 0.433 e. The monoisotopic (exact) mass is 530 g/mol. The number of hydrogen-bond donors (Lipinski definition) is 3. The molecular formula is C29H38N8O2. The minimum atomic E-state index is -1.38. The van der Waals surface area contributed by atoms with Gasteiger partial charge in [0.25, 0.3) is 0 Å². The van der Waals surface area contributed by atoms with E-state index in [2.05, 4.69) is 39.8 Å². The van der Waals surface area contributed by atoms with Gasteiger partial charge in [0.2, 0.25) is 0 Å². The molecule has 3 fully saturated rings. The van der Waals surface area contributed by atoms with Crippen molar-refractivity contribution in [1.82, 2.24) is 24.5 Å². The van der Waals surface area contributed by atoms with Crippen molar-refractivity contribution < 1.29 is 9.90 Å². The first kappa shape index (κ1) is 25.7. The van der Waals surface area contributed by atoms with Crippen LogP contribution in [0.2, 0.25) is 0 Å². The Kier molecular flexibility index (Phi) is 6.72. The highest BCUT2D eigenvalue weighted by atomic mass is 16.4. The number of imidazole rings is 1. The van der Waals surface area contributed by atoms with Crippen LogP contribution in [0.4, 0.5) is 10.6 Å². The fourth-order valence-electron chi connectivity index (χ4n) is 6.36. The van der Waals surface area contributed by atoms with Crippen molar-refractivity contribution in [2.45, 2.75) is 89.6 Å². The molecule has 3 aliphatic rings. The third kappa shape index (κ3) is 4.96. The zero-order chi connectivity index (χ0) is 27.1. The molecule has 10 nitrogen and oxygen atoms in total. The number of anilines is 1. The van der Waals surface area contributed by atoms with Crippen molar-refractivity contribution in [1.29, 1.82) is 0 Å². The maximum atomic E-state index is 11.3. The van der Waals surface area contributed by atoms with Crippen molar-refractivity contribution in [2.24, 2.45) is 28.5 Å². The molecule has 3 aliphatic carbocycles. The number of aliphatic imine (C=N–C) groups is 1. The fourth-order valence-corrected chi connectivity index (χ4v) is 6.36. The van der Waals surface area contributed by atoms with E-state index in [1.165, 1.54) is 44.9 Å². The Hall–Kier alpha value is -3.56. The topological polar surface area (TPSA) is 144 Å². The molecule has 0 aliphatic heterocycles.